The van der Waals surface area contributed by atoms with E-state index in [1.54, 1.807) is 0 Å². The molecule has 3 heterocycles. The van der Waals surface area contributed by atoms with Gasteiger partial charge in [-0.25, -0.2) is 0 Å². The third-order valence-electron chi connectivity index (χ3n) is 5.45. The molecule has 0 aromatic carbocycles. The van der Waals surface area contributed by atoms with Crippen LogP contribution in [0.25, 0.3) is 0 Å². The summed E-state index contributed by atoms with van der Waals surface area (Å²) in [6, 6.07) is 0. The van der Waals surface area contributed by atoms with Crippen LogP contribution >= 0.6 is 11.8 Å². The van der Waals surface area contributed by atoms with Gasteiger partial charge in [-0.15, -0.1) is 0 Å². The highest BCUT2D eigenvalue weighted by molar-refractivity contribution is 8.00. The first-order valence-electron chi connectivity index (χ1n) is 7.63. The molecule has 4 aliphatic rings. The lowest BCUT2D eigenvalue weighted by Gasteiger charge is -2.57. The molecule has 1 saturated carbocycles. The summed E-state index contributed by atoms with van der Waals surface area (Å²) >= 11 is 1.97. The average Bonchev–Trinajstić information content (AvgIpc) is 2.49. The predicted molar refractivity (Wildman–Crippen MR) is 75.6 cm³/mol. The van der Waals surface area contributed by atoms with E-state index < -0.39 is 0 Å². The molecule has 1 aliphatic carbocycles. The van der Waals surface area contributed by atoms with Gasteiger partial charge in [0.15, 0.2) is 0 Å². The summed E-state index contributed by atoms with van der Waals surface area (Å²) in [6.45, 7) is 6.48. The van der Waals surface area contributed by atoms with Crippen LogP contribution in [-0.2, 0) is 9.47 Å². The van der Waals surface area contributed by atoms with Crippen LogP contribution in [0.1, 0.15) is 52.4 Å². The molecular formula is C15H26O2S. The second-order valence-electron chi connectivity index (χ2n) is 6.48. The molecule has 0 aromatic rings. The molecule has 0 N–H and O–H groups in total. The van der Waals surface area contributed by atoms with Crippen molar-refractivity contribution in [1.82, 2.24) is 0 Å². The first-order chi connectivity index (χ1) is 8.71. The Labute approximate surface area is 115 Å². The first-order valence-corrected chi connectivity index (χ1v) is 8.61. The average molecular weight is 270 g/mol. The summed E-state index contributed by atoms with van der Waals surface area (Å²) in [6.07, 6.45) is 7.93. The number of ether oxygens (including phenoxy) is 2. The largest absolute Gasteiger partial charge is 0.340 e. The topological polar surface area (TPSA) is 18.5 Å². The van der Waals surface area contributed by atoms with Gasteiger partial charge in [-0.3, -0.25) is 0 Å². The van der Waals surface area contributed by atoms with Crippen molar-refractivity contribution in [3.63, 3.8) is 0 Å². The van der Waals surface area contributed by atoms with Crippen LogP contribution in [0.15, 0.2) is 0 Å². The van der Waals surface area contributed by atoms with Crippen molar-refractivity contribution in [2.45, 2.75) is 57.5 Å². The Morgan fingerprint density at radius 3 is 2.33 bits per heavy atom. The lowest BCUT2D eigenvalue weighted by Crippen LogP contribution is -2.60. The zero-order chi connectivity index (χ0) is 12.6. The van der Waals surface area contributed by atoms with Crippen molar-refractivity contribution in [2.75, 3.05) is 19.0 Å². The Morgan fingerprint density at radius 2 is 1.83 bits per heavy atom. The van der Waals surface area contributed by atoms with E-state index in [0.717, 1.165) is 13.2 Å². The van der Waals surface area contributed by atoms with Crippen LogP contribution < -0.4 is 0 Å². The molecular weight excluding hydrogens is 244 g/mol. The lowest BCUT2D eigenvalue weighted by molar-refractivity contribution is -0.291. The van der Waals surface area contributed by atoms with Gasteiger partial charge in [0.2, 0.25) is 5.12 Å². The molecule has 0 spiro atoms. The molecule has 104 valence electrons. The molecule has 4 rings (SSSR count). The fraction of sp³-hybridized carbons (Fsp3) is 1.00. The Bertz CT molecular complexity index is 274. The van der Waals surface area contributed by atoms with Crippen molar-refractivity contribution in [2.24, 2.45) is 17.3 Å². The van der Waals surface area contributed by atoms with Gasteiger partial charge in [0, 0.05) is 17.1 Å². The highest BCUT2D eigenvalue weighted by Crippen LogP contribution is 2.56. The zero-order valence-corrected chi connectivity index (χ0v) is 12.6. The zero-order valence-electron chi connectivity index (χ0n) is 11.7. The van der Waals surface area contributed by atoms with Crippen molar-refractivity contribution in [3.8, 4) is 0 Å². The van der Waals surface area contributed by atoms with Crippen molar-refractivity contribution >= 4 is 11.8 Å². The van der Waals surface area contributed by atoms with E-state index in [1.807, 2.05) is 11.8 Å². The normalized spacial score (nSPS) is 43.0. The van der Waals surface area contributed by atoms with E-state index in [4.69, 9.17) is 9.47 Å². The summed E-state index contributed by atoms with van der Waals surface area (Å²) in [5.41, 5.74) is 0.288. The van der Waals surface area contributed by atoms with Crippen LogP contribution in [0, 0.1) is 17.3 Å². The molecule has 1 unspecified atom stereocenters. The third kappa shape index (κ3) is 2.03. The van der Waals surface area contributed by atoms with E-state index in [-0.39, 0.29) is 10.5 Å². The van der Waals surface area contributed by atoms with E-state index in [1.165, 1.54) is 44.3 Å². The minimum atomic E-state index is -0.268. The van der Waals surface area contributed by atoms with E-state index >= 15 is 0 Å². The van der Waals surface area contributed by atoms with Gasteiger partial charge in [0.1, 0.15) is 0 Å². The number of rotatable bonds is 3. The molecule has 2 bridgehead atoms. The molecule has 1 atom stereocenters. The summed E-state index contributed by atoms with van der Waals surface area (Å²) in [5, 5.41) is -0.268. The van der Waals surface area contributed by atoms with E-state index in [9.17, 15) is 0 Å². The molecule has 3 heteroatoms. The van der Waals surface area contributed by atoms with Crippen LogP contribution in [0.5, 0.6) is 0 Å². The number of fused-ring (bicyclic) bond motifs is 3. The second kappa shape index (κ2) is 4.99. The monoisotopic (exact) mass is 270 g/mol. The predicted octanol–water partition coefficient (Wildman–Crippen LogP) is 4.05. The van der Waals surface area contributed by atoms with Gasteiger partial charge in [0.25, 0.3) is 0 Å². The number of thioether (sulfide) groups is 1. The van der Waals surface area contributed by atoms with Gasteiger partial charge >= 0.3 is 0 Å². The lowest BCUT2D eigenvalue weighted by atomic mass is 9.76. The Kier molecular flexibility index (Phi) is 3.68. The highest BCUT2D eigenvalue weighted by Gasteiger charge is 2.56. The van der Waals surface area contributed by atoms with Gasteiger partial charge < -0.3 is 9.47 Å². The maximum Gasteiger partial charge on any atom is 0.221 e. The van der Waals surface area contributed by atoms with Crippen molar-refractivity contribution < 1.29 is 9.47 Å². The van der Waals surface area contributed by atoms with Crippen LogP contribution in [-0.4, -0.2) is 24.1 Å². The quantitative estimate of drug-likeness (QED) is 0.771. The van der Waals surface area contributed by atoms with Crippen LogP contribution in [0.3, 0.4) is 0 Å². The Hall–Kier alpha value is 0.270. The molecule has 0 amide bonds. The molecule has 3 saturated heterocycles. The molecule has 3 aliphatic heterocycles. The molecule has 2 nitrogen and oxygen atoms in total. The Balaban J connectivity index is 1.70. The standard InChI is InChI=1S/C15H26O2S/c1-3-12(2)14-9-16-15(17-10-14,18-11-14)13-7-5-4-6-8-13/h12-13H,3-11H2,1-2H3. The second-order valence-corrected chi connectivity index (χ2v) is 7.62. The van der Waals surface area contributed by atoms with Gasteiger partial charge in [0.05, 0.1) is 13.2 Å². The fourth-order valence-corrected chi connectivity index (χ4v) is 5.35. The number of hydrogen-bond acceptors (Lipinski definition) is 3. The SMILES string of the molecule is CCC(C)C12COC(C3CCCCC3)(OC1)SC2. The Morgan fingerprint density at radius 1 is 1.17 bits per heavy atom. The van der Waals surface area contributed by atoms with Crippen molar-refractivity contribution in [3.05, 3.63) is 0 Å². The molecule has 18 heavy (non-hydrogen) atoms. The number of hydrogen-bond donors (Lipinski definition) is 0. The summed E-state index contributed by atoms with van der Waals surface area (Å²) in [7, 11) is 0. The third-order valence-corrected chi connectivity index (χ3v) is 7.14. The van der Waals surface area contributed by atoms with Crippen molar-refractivity contribution in [1.29, 1.82) is 0 Å². The van der Waals surface area contributed by atoms with E-state index in [2.05, 4.69) is 13.8 Å². The minimum absolute atomic E-state index is 0.268. The summed E-state index contributed by atoms with van der Waals surface area (Å²) in [5.74, 6) is 2.57. The van der Waals surface area contributed by atoms with Crippen LogP contribution in [0.4, 0.5) is 0 Å². The van der Waals surface area contributed by atoms with Gasteiger partial charge in [-0.05, 0) is 18.8 Å². The maximum atomic E-state index is 6.27. The van der Waals surface area contributed by atoms with Gasteiger partial charge in [-0.1, -0.05) is 51.3 Å². The minimum Gasteiger partial charge on any atom is -0.340 e. The molecule has 0 radical (unpaired) electrons. The van der Waals surface area contributed by atoms with Crippen LogP contribution in [0.2, 0.25) is 0 Å². The summed E-state index contributed by atoms with van der Waals surface area (Å²) in [4.78, 5) is 0. The first kappa shape index (κ1) is 13.3. The smallest absolute Gasteiger partial charge is 0.221 e. The molecule has 4 fully saturated rings. The fourth-order valence-electron chi connectivity index (χ4n) is 3.65. The molecule has 0 aromatic heterocycles. The van der Waals surface area contributed by atoms with E-state index in [0.29, 0.717) is 11.8 Å². The maximum absolute atomic E-state index is 6.27. The summed E-state index contributed by atoms with van der Waals surface area (Å²) < 4.78 is 12.5. The van der Waals surface area contributed by atoms with Gasteiger partial charge in [-0.2, -0.15) is 0 Å². The highest BCUT2D eigenvalue weighted by atomic mass is 32.2.